The van der Waals surface area contributed by atoms with Gasteiger partial charge in [0.05, 0.1) is 12.2 Å². The van der Waals surface area contributed by atoms with E-state index in [0.717, 1.165) is 0 Å². The predicted molar refractivity (Wildman–Crippen MR) is 63.0 cm³/mol. The molecule has 0 aromatic heterocycles. The lowest BCUT2D eigenvalue weighted by Crippen LogP contribution is -2.08. The molecule has 1 aromatic carbocycles. The number of para-hydroxylation sites is 1. The number of carbonyl (C=O) groups excluding carboxylic acids is 1. The lowest BCUT2D eigenvalue weighted by Gasteiger charge is -2.09. The van der Waals surface area contributed by atoms with Crippen LogP contribution in [0, 0.1) is 0 Å². The van der Waals surface area contributed by atoms with Crippen LogP contribution in [0.4, 0.5) is 0 Å². The molecule has 3 heteroatoms. The van der Waals surface area contributed by atoms with Gasteiger partial charge in [0, 0.05) is 13.5 Å². The minimum absolute atomic E-state index is 0.0167. The first-order valence-electron chi connectivity index (χ1n) is 5.14. The van der Waals surface area contributed by atoms with Crippen molar-refractivity contribution < 1.29 is 14.3 Å². The van der Waals surface area contributed by atoms with Crippen LogP contribution in [0.1, 0.15) is 16.8 Å². The second-order valence-corrected chi connectivity index (χ2v) is 3.25. The van der Waals surface area contributed by atoms with Crippen LogP contribution in [0.15, 0.2) is 36.9 Å². The maximum absolute atomic E-state index is 11.7. The monoisotopic (exact) mass is 220 g/mol. The molecule has 86 valence electrons. The van der Waals surface area contributed by atoms with E-state index < -0.39 is 0 Å². The van der Waals surface area contributed by atoms with E-state index in [9.17, 15) is 4.79 Å². The van der Waals surface area contributed by atoms with Crippen LogP contribution >= 0.6 is 0 Å². The number of carbonyl (C=O) groups is 1. The Bertz CT molecular complexity index is 358. The zero-order valence-corrected chi connectivity index (χ0v) is 9.44. The minimum Gasteiger partial charge on any atom is -0.490 e. The fourth-order valence-corrected chi connectivity index (χ4v) is 1.30. The van der Waals surface area contributed by atoms with Gasteiger partial charge in [0.2, 0.25) is 0 Å². The molecule has 3 nitrogen and oxygen atoms in total. The third-order valence-electron chi connectivity index (χ3n) is 2.06. The van der Waals surface area contributed by atoms with Crippen LogP contribution in [0.3, 0.4) is 0 Å². The number of hydrogen-bond donors (Lipinski definition) is 0. The molecule has 1 aromatic rings. The standard InChI is InChI=1S/C13H16O3/c1-3-6-12(14)11-7-4-5-8-13(11)16-10-9-15-2/h3-5,7-8H,1,6,9-10H2,2H3. The fraction of sp³-hybridized carbons (Fsp3) is 0.308. The van der Waals surface area contributed by atoms with Gasteiger partial charge in [-0.2, -0.15) is 0 Å². The van der Waals surface area contributed by atoms with Crippen molar-refractivity contribution in [3.8, 4) is 5.75 Å². The SMILES string of the molecule is C=CCC(=O)c1ccccc1OCCOC. The maximum Gasteiger partial charge on any atom is 0.170 e. The molecule has 0 saturated heterocycles. The first-order chi connectivity index (χ1) is 7.79. The van der Waals surface area contributed by atoms with Crippen LogP contribution in [-0.4, -0.2) is 26.1 Å². The summed E-state index contributed by atoms with van der Waals surface area (Å²) < 4.78 is 10.4. The van der Waals surface area contributed by atoms with E-state index in [1.165, 1.54) is 0 Å². The summed E-state index contributed by atoms with van der Waals surface area (Å²) in [6.07, 6.45) is 1.92. The Balaban J connectivity index is 2.74. The molecular formula is C13H16O3. The normalized spacial score (nSPS) is 9.81. The first kappa shape index (κ1) is 12.5. The summed E-state index contributed by atoms with van der Waals surface area (Å²) in [4.78, 5) is 11.7. The molecule has 0 bridgehead atoms. The van der Waals surface area contributed by atoms with Gasteiger partial charge >= 0.3 is 0 Å². The van der Waals surface area contributed by atoms with E-state index in [1.54, 1.807) is 25.3 Å². The largest absolute Gasteiger partial charge is 0.490 e. The average Bonchev–Trinajstić information content (AvgIpc) is 2.30. The molecule has 0 atom stereocenters. The Labute approximate surface area is 95.7 Å². The number of ether oxygens (including phenoxy) is 2. The first-order valence-corrected chi connectivity index (χ1v) is 5.14. The molecule has 0 spiro atoms. The summed E-state index contributed by atoms with van der Waals surface area (Å²) in [5, 5.41) is 0. The van der Waals surface area contributed by atoms with Gasteiger partial charge in [-0.25, -0.2) is 0 Å². The Morgan fingerprint density at radius 3 is 2.81 bits per heavy atom. The number of ketones is 1. The van der Waals surface area contributed by atoms with Gasteiger partial charge in [-0.15, -0.1) is 6.58 Å². The molecule has 0 aliphatic carbocycles. The topological polar surface area (TPSA) is 35.5 Å². The number of allylic oxidation sites excluding steroid dienone is 1. The van der Waals surface area contributed by atoms with Crippen LogP contribution in [-0.2, 0) is 4.74 Å². The van der Waals surface area contributed by atoms with Crippen molar-refractivity contribution in [3.05, 3.63) is 42.5 Å². The highest BCUT2D eigenvalue weighted by atomic mass is 16.5. The van der Waals surface area contributed by atoms with E-state index in [1.807, 2.05) is 12.1 Å². The molecule has 0 amide bonds. The summed E-state index contributed by atoms with van der Waals surface area (Å²) in [5.41, 5.74) is 0.596. The number of hydrogen-bond acceptors (Lipinski definition) is 3. The summed E-state index contributed by atoms with van der Waals surface area (Å²) in [5.74, 6) is 0.620. The van der Waals surface area contributed by atoms with Gasteiger partial charge in [0.15, 0.2) is 5.78 Å². The highest BCUT2D eigenvalue weighted by molar-refractivity contribution is 5.99. The molecule has 1 rings (SSSR count). The van der Waals surface area contributed by atoms with Crippen LogP contribution < -0.4 is 4.74 Å². The number of Topliss-reactive ketones (excluding diaryl/α,β-unsaturated/α-hetero) is 1. The van der Waals surface area contributed by atoms with E-state index in [0.29, 0.717) is 30.9 Å². The summed E-state index contributed by atoms with van der Waals surface area (Å²) in [7, 11) is 1.61. The van der Waals surface area contributed by atoms with Crippen molar-refractivity contribution in [2.75, 3.05) is 20.3 Å². The highest BCUT2D eigenvalue weighted by Crippen LogP contribution is 2.19. The van der Waals surface area contributed by atoms with Crippen LogP contribution in [0.25, 0.3) is 0 Å². The molecular weight excluding hydrogens is 204 g/mol. The van der Waals surface area contributed by atoms with Gasteiger partial charge in [-0.3, -0.25) is 4.79 Å². The quantitative estimate of drug-likeness (QED) is 0.402. The third-order valence-corrected chi connectivity index (χ3v) is 2.06. The van der Waals surface area contributed by atoms with Crippen LogP contribution in [0.2, 0.25) is 0 Å². The zero-order valence-electron chi connectivity index (χ0n) is 9.44. The van der Waals surface area contributed by atoms with E-state index >= 15 is 0 Å². The maximum atomic E-state index is 11.7. The Morgan fingerprint density at radius 2 is 2.12 bits per heavy atom. The van der Waals surface area contributed by atoms with Crippen molar-refractivity contribution in [1.29, 1.82) is 0 Å². The molecule has 0 heterocycles. The van der Waals surface area contributed by atoms with E-state index in [4.69, 9.17) is 9.47 Å². The average molecular weight is 220 g/mol. The zero-order chi connectivity index (χ0) is 11.8. The second kappa shape index (κ2) is 6.80. The molecule has 16 heavy (non-hydrogen) atoms. The highest BCUT2D eigenvalue weighted by Gasteiger charge is 2.09. The molecule has 0 radical (unpaired) electrons. The lowest BCUT2D eigenvalue weighted by molar-refractivity contribution is 0.0988. The fourth-order valence-electron chi connectivity index (χ4n) is 1.30. The third kappa shape index (κ3) is 3.51. The Hall–Kier alpha value is -1.61. The number of methoxy groups -OCH3 is 1. The smallest absolute Gasteiger partial charge is 0.170 e. The van der Waals surface area contributed by atoms with E-state index in [2.05, 4.69) is 6.58 Å². The van der Waals surface area contributed by atoms with Crippen molar-refractivity contribution >= 4 is 5.78 Å². The molecule has 0 fully saturated rings. The summed E-state index contributed by atoms with van der Waals surface area (Å²) in [6, 6.07) is 7.20. The molecule has 0 saturated carbocycles. The van der Waals surface area contributed by atoms with Gasteiger partial charge in [0.25, 0.3) is 0 Å². The summed E-state index contributed by atoms with van der Waals surface area (Å²) in [6.45, 7) is 4.49. The Morgan fingerprint density at radius 1 is 1.38 bits per heavy atom. The van der Waals surface area contributed by atoms with Crippen molar-refractivity contribution in [3.63, 3.8) is 0 Å². The van der Waals surface area contributed by atoms with Crippen LogP contribution in [0.5, 0.6) is 5.75 Å². The molecule has 0 unspecified atom stereocenters. The van der Waals surface area contributed by atoms with Gasteiger partial charge in [-0.05, 0) is 12.1 Å². The van der Waals surface area contributed by atoms with Gasteiger partial charge in [0.1, 0.15) is 12.4 Å². The summed E-state index contributed by atoms with van der Waals surface area (Å²) >= 11 is 0. The number of rotatable bonds is 7. The van der Waals surface area contributed by atoms with Crippen molar-refractivity contribution in [2.45, 2.75) is 6.42 Å². The minimum atomic E-state index is 0.0167. The number of benzene rings is 1. The van der Waals surface area contributed by atoms with E-state index in [-0.39, 0.29) is 5.78 Å². The Kier molecular flexibility index (Phi) is 5.29. The lowest BCUT2D eigenvalue weighted by atomic mass is 10.1. The molecule has 0 aliphatic heterocycles. The van der Waals surface area contributed by atoms with Crippen molar-refractivity contribution in [1.82, 2.24) is 0 Å². The van der Waals surface area contributed by atoms with Crippen molar-refractivity contribution in [2.24, 2.45) is 0 Å². The predicted octanol–water partition coefficient (Wildman–Crippen LogP) is 2.47. The van der Waals surface area contributed by atoms with Gasteiger partial charge in [-0.1, -0.05) is 18.2 Å². The molecule has 0 N–H and O–H groups in total. The van der Waals surface area contributed by atoms with Gasteiger partial charge < -0.3 is 9.47 Å². The second-order valence-electron chi connectivity index (χ2n) is 3.25. The molecule has 0 aliphatic rings.